The number of allylic oxidation sites excluding steroid dienone is 2. The summed E-state index contributed by atoms with van der Waals surface area (Å²) in [6.45, 7) is -0.381. The lowest BCUT2D eigenvalue weighted by atomic mass is 9.71. The second kappa shape index (κ2) is 4.88. The first-order chi connectivity index (χ1) is 9.61. The molecule has 0 N–H and O–H groups in total. The Balaban J connectivity index is 2.16. The van der Waals surface area contributed by atoms with Gasteiger partial charge < -0.3 is 4.74 Å². The smallest absolute Gasteiger partial charge is 0.156 e. The summed E-state index contributed by atoms with van der Waals surface area (Å²) < 4.78 is 18.3. The molecule has 1 aromatic rings. The number of methoxy groups -OCH3 is 1. The third-order valence-electron chi connectivity index (χ3n) is 4.53. The zero-order valence-electron chi connectivity index (χ0n) is 11.3. The molecule has 0 fully saturated rings. The summed E-state index contributed by atoms with van der Waals surface area (Å²) in [6, 6.07) is 3.75. The molecule has 2 aliphatic rings. The van der Waals surface area contributed by atoms with Crippen molar-refractivity contribution >= 4 is 23.0 Å². The molecule has 0 heterocycles. The molecule has 3 rings (SSSR count). The van der Waals surface area contributed by atoms with Crippen molar-refractivity contribution in [3.8, 4) is 5.75 Å². The van der Waals surface area contributed by atoms with Crippen LogP contribution in [0.4, 0.5) is 4.39 Å². The van der Waals surface area contributed by atoms with E-state index >= 15 is 0 Å². The molecule has 20 heavy (non-hydrogen) atoms. The monoisotopic (exact) mass is 294 g/mol. The first-order valence-electron chi connectivity index (χ1n) is 6.78. The highest BCUT2D eigenvalue weighted by atomic mass is 35.5. The summed E-state index contributed by atoms with van der Waals surface area (Å²) in [4.78, 5) is 11.7. The number of ether oxygens (including phenoxy) is 1. The summed E-state index contributed by atoms with van der Waals surface area (Å²) in [5, 5.41) is 0.589. The number of halogens is 2. The number of carbonyl (C=O) groups excluding carboxylic acids is 1. The van der Waals surface area contributed by atoms with Gasteiger partial charge in [-0.1, -0.05) is 17.7 Å². The fourth-order valence-corrected chi connectivity index (χ4v) is 3.79. The van der Waals surface area contributed by atoms with Gasteiger partial charge in [-0.25, -0.2) is 0 Å². The number of fused-ring (bicyclic) bond motifs is 3. The van der Waals surface area contributed by atoms with Gasteiger partial charge in [0.15, 0.2) is 5.78 Å². The van der Waals surface area contributed by atoms with Crippen molar-refractivity contribution in [3.63, 3.8) is 0 Å². The number of benzene rings is 1. The average Bonchev–Trinajstić information content (AvgIpc) is 2.75. The second-order valence-corrected chi connectivity index (χ2v) is 5.91. The predicted molar refractivity (Wildman–Crippen MR) is 77.0 cm³/mol. The Morgan fingerprint density at radius 1 is 1.45 bits per heavy atom. The normalized spacial score (nSPS) is 24.1. The number of carbonyl (C=O) groups is 1. The van der Waals surface area contributed by atoms with Crippen molar-refractivity contribution in [2.45, 2.75) is 25.7 Å². The van der Waals surface area contributed by atoms with Gasteiger partial charge >= 0.3 is 0 Å². The zero-order valence-corrected chi connectivity index (χ0v) is 12.1. The fraction of sp³-hybridized carbons (Fsp3) is 0.438. The predicted octanol–water partition coefficient (Wildman–Crippen LogP) is 4.00. The highest BCUT2D eigenvalue weighted by molar-refractivity contribution is 6.33. The minimum atomic E-state index is -0.381. The first kappa shape index (κ1) is 13.6. The van der Waals surface area contributed by atoms with Crippen LogP contribution in [0.5, 0.6) is 5.75 Å². The van der Waals surface area contributed by atoms with E-state index in [1.165, 1.54) is 0 Å². The van der Waals surface area contributed by atoms with Gasteiger partial charge in [-0.15, -0.1) is 0 Å². The van der Waals surface area contributed by atoms with E-state index in [-0.39, 0.29) is 17.9 Å². The van der Waals surface area contributed by atoms with E-state index in [1.54, 1.807) is 13.2 Å². The maximum absolute atomic E-state index is 13.0. The Labute approximate surface area is 122 Å². The fourth-order valence-electron chi connectivity index (χ4n) is 3.48. The molecule has 2 nitrogen and oxygen atoms in total. The van der Waals surface area contributed by atoms with E-state index in [1.807, 2.05) is 12.1 Å². The van der Waals surface area contributed by atoms with Crippen LogP contribution in [-0.2, 0) is 11.2 Å². The highest BCUT2D eigenvalue weighted by Crippen LogP contribution is 2.56. The van der Waals surface area contributed by atoms with Crippen LogP contribution < -0.4 is 4.74 Å². The van der Waals surface area contributed by atoms with Gasteiger partial charge in [0.25, 0.3) is 0 Å². The molecule has 0 spiro atoms. The van der Waals surface area contributed by atoms with Crippen molar-refractivity contribution in [2.75, 3.05) is 13.8 Å². The largest absolute Gasteiger partial charge is 0.495 e. The van der Waals surface area contributed by atoms with Gasteiger partial charge in [-0.3, -0.25) is 9.18 Å². The highest BCUT2D eigenvalue weighted by Gasteiger charge is 2.45. The molecule has 0 saturated carbocycles. The first-order valence-corrected chi connectivity index (χ1v) is 7.16. The maximum atomic E-state index is 13.0. The molecule has 2 aliphatic carbocycles. The lowest BCUT2D eigenvalue weighted by molar-refractivity contribution is -0.115. The van der Waals surface area contributed by atoms with Gasteiger partial charge in [0.05, 0.1) is 18.8 Å². The quantitative estimate of drug-likeness (QED) is 0.842. The van der Waals surface area contributed by atoms with Gasteiger partial charge in [0.1, 0.15) is 5.75 Å². The Hall–Kier alpha value is -1.35. The van der Waals surface area contributed by atoms with E-state index in [9.17, 15) is 9.18 Å². The minimum absolute atomic E-state index is 0.120. The molecule has 0 unspecified atom stereocenters. The van der Waals surface area contributed by atoms with Crippen molar-refractivity contribution in [1.82, 2.24) is 0 Å². The summed E-state index contributed by atoms with van der Waals surface area (Å²) in [5.41, 5.74) is 2.67. The molecular weight excluding hydrogens is 279 g/mol. The molecule has 0 amide bonds. The average molecular weight is 295 g/mol. The van der Waals surface area contributed by atoms with Crippen molar-refractivity contribution in [1.29, 1.82) is 0 Å². The van der Waals surface area contributed by atoms with Crippen LogP contribution in [0.25, 0.3) is 5.57 Å². The molecule has 106 valence electrons. The number of alkyl halides is 1. The lowest BCUT2D eigenvalue weighted by Gasteiger charge is -2.32. The van der Waals surface area contributed by atoms with Gasteiger partial charge in [-0.05, 0) is 48.1 Å². The Morgan fingerprint density at radius 2 is 2.25 bits per heavy atom. The van der Waals surface area contributed by atoms with Crippen LogP contribution in [0.3, 0.4) is 0 Å². The van der Waals surface area contributed by atoms with Crippen molar-refractivity contribution in [3.05, 3.63) is 34.4 Å². The third kappa shape index (κ3) is 1.87. The number of hydrogen-bond donors (Lipinski definition) is 0. The van der Waals surface area contributed by atoms with Crippen LogP contribution >= 0.6 is 11.6 Å². The van der Waals surface area contributed by atoms with Gasteiger partial charge in [0.2, 0.25) is 0 Å². The van der Waals surface area contributed by atoms with E-state index in [0.29, 0.717) is 36.5 Å². The van der Waals surface area contributed by atoms with Crippen LogP contribution in [0.15, 0.2) is 18.2 Å². The van der Waals surface area contributed by atoms with E-state index in [0.717, 1.165) is 16.7 Å². The maximum Gasteiger partial charge on any atom is 0.156 e. The second-order valence-electron chi connectivity index (χ2n) is 5.53. The van der Waals surface area contributed by atoms with Crippen LogP contribution in [0, 0.1) is 5.41 Å². The Morgan fingerprint density at radius 3 is 2.95 bits per heavy atom. The van der Waals surface area contributed by atoms with Crippen molar-refractivity contribution < 1.29 is 13.9 Å². The summed E-state index contributed by atoms with van der Waals surface area (Å²) in [5.74, 6) is 0.751. The summed E-state index contributed by atoms with van der Waals surface area (Å²) in [6.07, 6.45) is 4.02. The van der Waals surface area contributed by atoms with E-state index in [2.05, 4.69) is 0 Å². The van der Waals surface area contributed by atoms with E-state index in [4.69, 9.17) is 16.3 Å². The molecule has 1 aromatic carbocycles. The zero-order chi connectivity index (χ0) is 14.3. The number of hydrogen-bond acceptors (Lipinski definition) is 2. The molecule has 0 saturated heterocycles. The van der Waals surface area contributed by atoms with E-state index < -0.39 is 0 Å². The third-order valence-corrected chi connectivity index (χ3v) is 4.95. The van der Waals surface area contributed by atoms with Gasteiger partial charge in [0, 0.05) is 11.8 Å². The molecule has 0 radical (unpaired) electrons. The van der Waals surface area contributed by atoms with Crippen molar-refractivity contribution in [2.24, 2.45) is 5.41 Å². The lowest BCUT2D eigenvalue weighted by Crippen LogP contribution is -2.26. The molecule has 0 aromatic heterocycles. The molecule has 1 atom stereocenters. The SMILES string of the molecule is COc1ccc2c(c1Cl)C[C@]1(CCF)CCC(=O)C=C21. The van der Waals surface area contributed by atoms with Crippen LogP contribution in [0.2, 0.25) is 5.02 Å². The molecular formula is C16H16ClFO2. The standard InChI is InChI=1S/C16H16ClFO2/c1-20-14-3-2-11-12(15(14)17)9-16(6-7-18)5-4-10(19)8-13(11)16/h2-3,8H,4-7,9H2,1H3/t16-/m1/s1. The van der Waals surface area contributed by atoms with Gasteiger partial charge in [-0.2, -0.15) is 0 Å². The number of ketones is 1. The Bertz CT molecular complexity index is 609. The molecule has 4 heteroatoms. The number of rotatable bonds is 3. The topological polar surface area (TPSA) is 26.3 Å². The minimum Gasteiger partial charge on any atom is -0.495 e. The summed E-state index contributed by atoms with van der Waals surface area (Å²) in [7, 11) is 1.58. The summed E-state index contributed by atoms with van der Waals surface area (Å²) >= 11 is 6.39. The van der Waals surface area contributed by atoms with Crippen LogP contribution in [-0.4, -0.2) is 19.6 Å². The van der Waals surface area contributed by atoms with Crippen LogP contribution in [0.1, 0.15) is 30.4 Å². The Kier molecular flexibility index (Phi) is 3.33. The molecule has 0 aliphatic heterocycles. The molecule has 0 bridgehead atoms.